The van der Waals surface area contributed by atoms with Gasteiger partial charge in [-0.1, -0.05) is 13.0 Å². The Morgan fingerprint density at radius 2 is 1.91 bits per heavy atom. The first-order valence-electron chi connectivity index (χ1n) is 6.38. The number of alkyl halides is 3. The Morgan fingerprint density at radius 3 is 2.32 bits per heavy atom. The van der Waals surface area contributed by atoms with Gasteiger partial charge in [0.25, 0.3) is 0 Å². The lowest BCUT2D eigenvalue weighted by Gasteiger charge is -2.29. The molecule has 124 valence electrons. The zero-order valence-corrected chi connectivity index (χ0v) is 11.9. The third-order valence-corrected chi connectivity index (χ3v) is 3.46. The number of aldehydes is 1. The summed E-state index contributed by atoms with van der Waals surface area (Å²) in [5.74, 6) is -4.14. The third kappa shape index (κ3) is 3.37. The lowest BCUT2D eigenvalue weighted by atomic mass is 9.84. The molecular weight excluding hydrogens is 311 g/mol. The minimum absolute atomic E-state index is 0.0478. The van der Waals surface area contributed by atoms with Crippen molar-refractivity contribution in [2.75, 3.05) is 7.11 Å². The summed E-state index contributed by atoms with van der Waals surface area (Å²) in [7, 11) is 1.05. The maximum absolute atomic E-state index is 13.7. The predicted molar refractivity (Wildman–Crippen MR) is 67.6 cm³/mol. The summed E-state index contributed by atoms with van der Waals surface area (Å²) in [6.07, 6.45) is -6.73. The molecule has 1 aromatic carbocycles. The van der Waals surface area contributed by atoms with Gasteiger partial charge in [-0.15, -0.1) is 0 Å². The number of methoxy groups -OCH3 is 1. The summed E-state index contributed by atoms with van der Waals surface area (Å²) in [6, 6.07) is 1.83. The van der Waals surface area contributed by atoms with Gasteiger partial charge in [-0.3, -0.25) is 4.79 Å². The minimum Gasteiger partial charge on any atom is -0.493 e. The number of rotatable bonds is 6. The molecule has 0 saturated carbocycles. The zero-order valence-electron chi connectivity index (χ0n) is 11.9. The summed E-state index contributed by atoms with van der Waals surface area (Å²) >= 11 is 0. The molecule has 1 rings (SSSR count). The van der Waals surface area contributed by atoms with Gasteiger partial charge in [-0.25, -0.2) is 4.39 Å². The number of ether oxygens (including phenoxy) is 1. The van der Waals surface area contributed by atoms with Crippen LogP contribution in [0.5, 0.6) is 5.75 Å². The van der Waals surface area contributed by atoms with Crippen molar-refractivity contribution >= 4 is 6.29 Å². The fourth-order valence-corrected chi connectivity index (χ4v) is 2.16. The van der Waals surface area contributed by atoms with Gasteiger partial charge < -0.3 is 9.84 Å². The first-order valence-corrected chi connectivity index (χ1v) is 6.38. The van der Waals surface area contributed by atoms with E-state index in [4.69, 9.17) is 4.74 Å². The van der Waals surface area contributed by atoms with Crippen LogP contribution in [0.25, 0.3) is 0 Å². The summed E-state index contributed by atoms with van der Waals surface area (Å²) in [4.78, 5) is 10.7. The second-order valence-corrected chi connectivity index (χ2v) is 4.83. The first-order chi connectivity index (χ1) is 10.1. The van der Waals surface area contributed by atoms with E-state index in [1.54, 1.807) is 0 Å². The van der Waals surface area contributed by atoms with Crippen LogP contribution in [0.4, 0.5) is 22.0 Å². The Morgan fingerprint density at radius 1 is 1.32 bits per heavy atom. The quantitative estimate of drug-likeness (QED) is 0.644. The molecule has 0 amide bonds. The molecule has 0 aliphatic heterocycles. The van der Waals surface area contributed by atoms with E-state index in [0.29, 0.717) is 0 Å². The Bertz CT molecular complexity index is 544. The predicted octanol–water partition coefficient (Wildman–Crippen LogP) is 3.35. The maximum atomic E-state index is 13.7. The van der Waals surface area contributed by atoms with Crippen molar-refractivity contribution in [2.24, 2.45) is 0 Å². The van der Waals surface area contributed by atoms with Gasteiger partial charge >= 0.3 is 6.18 Å². The highest BCUT2D eigenvalue weighted by Crippen LogP contribution is 2.41. The van der Waals surface area contributed by atoms with E-state index in [1.807, 2.05) is 0 Å². The van der Waals surface area contributed by atoms with Crippen molar-refractivity contribution in [3.63, 3.8) is 0 Å². The van der Waals surface area contributed by atoms with Crippen molar-refractivity contribution in [3.8, 4) is 5.75 Å². The molecule has 0 unspecified atom stereocenters. The number of halogens is 5. The largest absolute Gasteiger partial charge is 0.493 e. The molecule has 0 spiro atoms. The van der Waals surface area contributed by atoms with Crippen LogP contribution in [0.3, 0.4) is 0 Å². The van der Waals surface area contributed by atoms with Crippen LogP contribution in [-0.2, 0) is 4.79 Å². The van der Waals surface area contributed by atoms with Gasteiger partial charge in [0.2, 0.25) is 11.4 Å². The van der Waals surface area contributed by atoms with E-state index in [0.717, 1.165) is 19.2 Å². The molecule has 2 atom stereocenters. The van der Waals surface area contributed by atoms with E-state index in [-0.39, 0.29) is 12.0 Å². The molecule has 0 radical (unpaired) electrons. The Kier molecular flexibility index (Phi) is 5.50. The van der Waals surface area contributed by atoms with Crippen molar-refractivity contribution in [3.05, 3.63) is 29.3 Å². The van der Waals surface area contributed by atoms with Gasteiger partial charge in [0, 0.05) is 5.56 Å². The molecule has 0 aliphatic rings. The number of carbonyl (C=O) groups excluding carboxylic acids is 1. The maximum Gasteiger partial charge on any atom is 0.424 e. The number of aliphatic hydroxyl groups is 1. The molecule has 0 saturated heterocycles. The summed E-state index contributed by atoms with van der Waals surface area (Å²) in [5.41, 5.74) is -3.61. The topological polar surface area (TPSA) is 46.5 Å². The average Bonchev–Trinajstić information content (AvgIpc) is 2.46. The molecule has 0 aliphatic carbocycles. The van der Waals surface area contributed by atoms with E-state index < -0.39 is 47.8 Å². The first kappa shape index (κ1) is 18.3. The number of hydrogen-bond acceptors (Lipinski definition) is 3. The molecular formula is C14H15F5O3. The van der Waals surface area contributed by atoms with E-state index >= 15 is 0 Å². The van der Waals surface area contributed by atoms with Crippen LogP contribution in [-0.4, -0.2) is 30.3 Å². The summed E-state index contributed by atoms with van der Waals surface area (Å²) in [6.45, 7) is 1.49. The van der Waals surface area contributed by atoms with Gasteiger partial charge in [0.05, 0.1) is 7.11 Å². The minimum atomic E-state index is -5.17. The van der Waals surface area contributed by atoms with Crippen LogP contribution < -0.4 is 4.74 Å². The fraction of sp³-hybridized carbons (Fsp3) is 0.500. The van der Waals surface area contributed by atoms with E-state index in [2.05, 4.69) is 0 Å². The highest BCUT2D eigenvalue weighted by atomic mass is 19.4. The van der Waals surface area contributed by atoms with E-state index in [9.17, 15) is 31.9 Å². The number of carbonyl (C=O) groups is 1. The fourth-order valence-electron chi connectivity index (χ4n) is 2.16. The monoisotopic (exact) mass is 326 g/mol. The molecule has 0 bridgehead atoms. The molecule has 8 heteroatoms. The van der Waals surface area contributed by atoms with E-state index in [1.165, 1.54) is 6.92 Å². The number of hydrogen-bond donors (Lipinski definition) is 1. The number of benzene rings is 1. The van der Waals surface area contributed by atoms with Crippen molar-refractivity contribution in [1.82, 2.24) is 0 Å². The van der Waals surface area contributed by atoms with Crippen LogP contribution in [0.1, 0.15) is 31.2 Å². The molecule has 0 aromatic heterocycles. The zero-order chi connectivity index (χ0) is 17.1. The third-order valence-electron chi connectivity index (χ3n) is 3.46. The molecule has 3 nitrogen and oxygen atoms in total. The second kappa shape index (κ2) is 6.60. The molecule has 1 N–H and O–H groups in total. The molecule has 22 heavy (non-hydrogen) atoms. The van der Waals surface area contributed by atoms with Crippen LogP contribution in [0.15, 0.2) is 12.1 Å². The SMILES string of the molecule is CC[C@@H](C[C@@](O)(C=O)C(F)(F)F)c1ccc(F)c(F)c1OC. The average molecular weight is 326 g/mol. The summed E-state index contributed by atoms with van der Waals surface area (Å²) < 4.78 is 69.9. The van der Waals surface area contributed by atoms with Crippen LogP contribution in [0.2, 0.25) is 0 Å². The highest BCUT2D eigenvalue weighted by Gasteiger charge is 2.54. The standard InChI is InChI=1S/C14H15F5O3/c1-3-8(6-13(21,7-20)14(17,18)19)9-4-5-10(15)11(16)12(9)22-2/h4-5,7-8,21H,3,6H2,1-2H3/t8-,13+/m0/s1. The highest BCUT2D eigenvalue weighted by molar-refractivity contribution is 5.64. The van der Waals surface area contributed by atoms with Gasteiger partial charge in [0.1, 0.15) is 0 Å². The van der Waals surface area contributed by atoms with Gasteiger partial charge in [0.15, 0.2) is 17.9 Å². The second-order valence-electron chi connectivity index (χ2n) is 4.83. The van der Waals surface area contributed by atoms with Gasteiger partial charge in [-0.2, -0.15) is 17.6 Å². The normalized spacial score (nSPS) is 16.0. The molecule has 0 fully saturated rings. The lowest BCUT2D eigenvalue weighted by molar-refractivity contribution is -0.247. The van der Waals surface area contributed by atoms with Crippen molar-refractivity contribution in [1.29, 1.82) is 0 Å². The van der Waals surface area contributed by atoms with Crippen LogP contribution in [0, 0.1) is 11.6 Å². The Labute approximate surface area is 123 Å². The smallest absolute Gasteiger partial charge is 0.424 e. The Balaban J connectivity index is 3.29. The van der Waals surface area contributed by atoms with Gasteiger partial charge in [-0.05, 0) is 24.8 Å². The lowest BCUT2D eigenvalue weighted by Crippen LogP contribution is -2.47. The summed E-state index contributed by atoms with van der Waals surface area (Å²) in [5, 5.41) is 9.51. The Hall–Kier alpha value is -1.70. The molecule has 1 aromatic rings. The molecule has 0 heterocycles. The van der Waals surface area contributed by atoms with Crippen LogP contribution >= 0.6 is 0 Å². The van der Waals surface area contributed by atoms with Crippen molar-refractivity contribution < 1.29 is 36.6 Å². The van der Waals surface area contributed by atoms with Crippen molar-refractivity contribution in [2.45, 2.75) is 37.5 Å².